The summed E-state index contributed by atoms with van der Waals surface area (Å²) in [7, 11) is 0. The fourth-order valence-electron chi connectivity index (χ4n) is 2.59. The standard InChI is InChI=1S/C14H25N3O2/c1-3-6-11(15-4-2)9-14-16-13(17-19-14)10-12-7-5-8-18-12/h11-12,15H,3-10H2,1-2H3. The van der Waals surface area contributed by atoms with Gasteiger partial charge in [-0.1, -0.05) is 25.4 Å². The van der Waals surface area contributed by atoms with Crippen LogP contribution in [0, 0.1) is 0 Å². The summed E-state index contributed by atoms with van der Waals surface area (Å²) in [5.74, 6) is 1.53. The van der Waals surface area contributed by atoms with Crippen molar-refractivity contribution in [2.75, 3.05) is 13.2 Å². The second-order valence-corrected chi connectivity index (χ2v) is 5.19. The molecule has 2 rings (SSSR count). The zero-order valence-electron chi connectivity index (χ0n) is 12.0. The first-order valence-electron chi connectivity index (χ1n) is 7.48. The minimum absolute atomic E-state index is 0.283. The van der Waals surface area contributed by atoms with Crippen molar-refractivity contribution in [3.05, 3.63) is 11.7 Å². The summed E-state index contributed by atoms with van der Waals surface area (Å²) in [6.07, 6.45) is 6.44. The van der Waals surface area contributed by atoms with Crippen LogP contribution in [0.15, 0.2) is 4.52 Å². The van der Waals surface area contributed by atoms with Gasteiger partial charge in [0.05, 0.1) is 6.10 Å². The second kappa shape index (κ2) is 7.60. The lowest BCUT2D eigenvalue weighted by Crippen LogP contribution is -2.30. The van der Waals surface area contributed by atoms with Crippen molar-refractivity contribution < 1.29 is 9.26 Å². The molecule has 0 amide bonds. The first-order valence-corrected chi connectivity index (χ1v) is 7.48. The molecule has 1 aliphatic heterocycles. The summed E-state index contributed by atoms with van der Waals surface area (Å²) in [5.41, 5.74) is 0. The normalized spacial score (nSPS) is 20.8. The van der Waals surface area contributed by atoms with E-state index in [-0.39, 0.29) is 6.10 Å². The highest BCUT2D eigenvalue weighted by atomic mass is 16.5. The minimum atomic E-state index is 0.283. The van der Waals surface area contributed by atoms with Gasteiger partial charge in [-0.2, -0.15) is 4.98 Å². The summed E-state index contributed by atoms with van der Waals surface area (Å²) in [5, 5.41) is 7.52. The number of rotatable bonds is 8. The van der Waals surface area contributed by atoms with E-state index >= 15 is 0 Å². The summed E-state index contributed by atoms with van der Waals surface area (Å²) in [6.45, 7) is 6.16. The molecule has 0 aliphatic carbocycles. The number of nitrogens with one attached hydrogen (secondary N) is 1. The molecule has 0 spiro atoms. The summed E-state index contributed by atoms with van der Waals surface area (Å²) in [4.78, 5) is 4.48. The van der Waals surface area contributed by atoms with E-state index in [0.717, 1.165) is 63.4 Å². The first kappa shape index (κ1) is 14.5. The largest absolute Gasteiger partial charge is 0.378 e. The lowest BCUT2D eigenvalue weighted by Gasteiger charge is -2.14. The Morgan fingerprint density at radius 3 is 3.00 bits per heavy atom. The molecule has 5 nitrogen and oxygen atoms in total. The van der Waals surface area contributed by atoms with E-state index in [2.05, 4.69) is 29.3 Å². The van der Waals surface area contributed by atoms with Crippen molar-refractivity contribution in [2.45, 2.75) is 64.5 Å². The Labute approximate surface area is 115 Å². The highest BCUT2D eigenvalue weighted by Gasteiger charge is 2.20. The van der Waals surface area contributed by atoms with E-state index in [1.807, 2.05) is 0 Å². The molecule has 1 aromatic heterocycles. The minimum Gasteiger partial charge on any atom is -0.378 e. The molecule has 108 valence electrons. The zero-order valence-corrected chi connectivity index (χ0v) is 12.0. The van der Waals surface area contributed by atoms with Crippen LogP contribution < -0.4 is 5.32 Å². The molecule has 5 heteroatoms. The smallest absolute Gasteiger partial charge is 0.228 e. The number of ether oxygens (including phenoxy) is 1. The second-order valence-electron chi connectivity index (χ2n) is 5.19. The number of hydrogen-bond donors (Lipinski definition) is 1. The first-order chi connectivity index (χ1) is 9.31. The molecule has 0 saturated carbocycles. The molecule has 0 aromatic carbocycles. The average Bonchev–Trinajstić information content (AvgIpc) is 3.03. The molecule has 1 aromatic rings. The van der Waals surface area contributed by atoms with Gasteiger partial charge in [0.25, 0.3) is 0 Å². The van der Waals surface area contributed by atoms with Gasteiger partial charge in [-0.3, -0.25) is 0 Å². The predicted octanol–water partition coefficient (Wildman–Crippen LogP) is 2.11. The van der Waals surface area contributed by atoms with Gasteiger partial charge >= 0.3 is 0 Å². The van der Waals surface area contributed by atoms with Crippen molar-refractivity contribution in [1.29, 1.82) is 0 Å². The Kier molecular flexibility index (Phi) is 5.79. The Morgan fingerprint density at radius 2 is 2.32 bits per heavy atom. The van der Waals surface area contributed by atoms with Crippen LogP contribution in [0.5, 0.6) is 0 Å². The predicted molar refractivity (Wildman–Crippen MR) is 73.1 cm³/mol. The molecule has 2 atom stereocenters. The quantitative estimate of drug-likeness (QED) is 0.781. The van der Waals surface area contributed by atoms with E-state index in [0.29, 0.717) is 6.04 Å². The fraction of sp³-hybridized carbons (Fsp3) is 0.857. The van der Waals surface area contributed by atoms with Gasteiger partial charge in [0.2, 0.25) is 5.89 Å². The number of hydrogen-bond acceptors (Lipinski definition) is 5. The maximum Gasteiger partial charge on any atom is 0.228 e. The average molecular weight is 267 g/mol. The van der Waals surface area contributed by atoms with Crippen LogP contribution in [0.4, 0.5) is 0 Å². The topological polar surface area (TPSA) is 60.2 Å². The molecule has 19 heavy (non-hydrogen) atoms. The van der Waals surface area contributed by atoms with Gasteiger partial charge in [0, 0.05) is 25.5 Å². The summed E-state index contributed by atoms with van der Waals surface area (Å²) >= 11 is 0. The SMILES string of the molecule is CCCC(Cc1nc(CC2CCCO2)no1)NCC. The van der Waals surface area contributed by atoms with Gasteiger partial charge in [0.1, 0.15) is 0 Å². The Hall–Kier alpha value is -0.940. The van der Waals surface area contributed by atoms with Crippen LogP contribution in [-0.4, -0.2) is 35.4 Å². The Bertz CT molecular complexity index is 355. The molecule has 1 aliphatic rings. The molecule has 0 bridgehead atoms. The van der Waals surface area contributed by atoms with E-state index < -0.39 is 0 Å². The zero-order chi connectivity index (χ0) is 13.5. The van der Waals surface area contributed by atoms with Crippen LogP contribution in [-0.2, 0) is 17.6 Å². The molecule has 1 N–H and O–H groups in total. The third kappa shape index (κ3) is 4.58. The molecular weight excluding hydrogens is 242 g/mol. The molecular formula is C14H25N3O2. The van der Waals surface area contributed by atoms with Crippen molar-refractivity contribution in [1.82, 2.24) is 15.5 Å². The maximum absolute atomic E-state index is 5.59. The molecule has 1 saturated heterocycles. The van der Waals surface area contributed by atoms with Crippen molar-refractivity contribution in [3.8, 4) is 0 Å². The van der Waals surface area contributed by atoms with Crippen LogP contribution in [0.2, 0.25) is 0 Å². The number of nitrogens with zero attached hydrogens (tertiary/aromatic N) is 2. The molecule has 2 unspecified atom stereocenters. The van der Waals surface area contributed by atoms with E-state index in [4.69, 9.17) is 9.26 Å². The van der Waals surface area contributed by atoms with E-state index in [1.165, 1.54) is 0 Å². The third-order valence-electron chi connectivity index (χ3n) is 3.50. The van der Waals surface area contributed by atoms with Gasteiger partial charge in [-0.05, 0) is 25.8 Å². The van der Waals surface area contributed by atoms with E-state index in [9.17, 15) is 0 Å². The Morgan fingerprint density at radius 1 is 1.42 bits per heavy atom. The van der Waals surface area contributed by atoms with Crippen molar-refractivity contribution in [2.24, 2.45) is 0 Å². The van der Waals surface area contributed by atoms with Crippen molar-refractivity contribution >= 4 is 0 Å². The van der Waals surface area contributed by atoms with Gasteiger partial charge < -0.3 is 14.6 Å². The van der Waals surface area contributed by atoms with Gasteiger partial charge in [-0.25, -0.2) is 0 Å². The molecule has 1 fully saturated rings. The van der Waals surface area contributed by atoms with Crippen LogP contribution >= 0.6 is 0 Å². The number of likely N-dealkylation sites (N-methyl/N-ethyl adjacent to an activating group) is 1. The highest BCUT2D eigenvalue weighted by molar-refractivity contribution is 4.92. The van der Waals surface area contributed by atoms with Gasteiger partial charge in [-0.15, -0.1) is 0 Å². The van der Waals surface area contributed by atoms with Crippen LogP contribution in [0.3, 0.4) is 0 Å². The van der Waals surface area contributed by atoms with Gasteiger partial charge in [0.15, 0.2) is 5.82 Å². The third-order valence-corrected chi connectivity index (χ3v) is 3.50. The summed E-state index contributed by atoms with van der Waals surface area (Å²) < 4.78 is 10.9. The monoisotopic (exact) mass is 267 g/mol. The van der Waals surface area contributed by atoms with E-state index in [1.54, 1.807) is 0 Å². The maximum atomic E-state index is 5.59. The lowest BCUT2D eigenvalue weighted by molar-refractivity contribution is 0.109. The van der Waals surface area contributed by atoms with Crippen LogP contribution in [0.1, 0.15) is 51.2 Å². The molecule has 0 radical (unpaired) electrons. The van der Waals surface area contributed by atoms with Crippen LogP contribution in [0.25, 0.3) is 0 Å². The fourth-order valence-corrected chi connectivity index (χ4v) is 2.59. The summed E-state index contributed by atoms with van der Waals surface area (Å²) in [6, 6.07) is 0.436. The van der Waals surface area contributed by atoms with Crippen molar-refractivity contribution in [3.63, 3.8) is 0 Å². The number of aromatic nitrogens is 2. The highest BCUT2D eigenvalue weighted by Crippen LogP contribution is 2.16. The Balaban J connectivity index is 1.84. The molecule has 2 heterocycles. The lowest BCUT2D eigenvalue weighted by atomic mass is 10.1.